The van der Waals surface area contributed by atoms with Gasteiger partial charge in [-0.05, 0) is 28.3 Å². The van der Waals surface area contributed by atoms with Gasteiger partial charge in [-0.1, -0.05) is 0 Å². The van der Waals surface area contributed by atoms with Crippen LogP contribution in [0.1, 0.15) is 0 Å². The van der Waals surface area contributed by atoms with Crippen LogP contribution < -0.4 is 0 Å². The van der Waals surface area contributed by atoms with E-state index >= 15 is 0 Å². The van der Waals surface area contributed by atoms with Crippen LogP contribution in [-0.2, 0) is 0 Å². The highest BCUT2D eigenvalue weighted by Gasteiger charge is 2.11. The minimum absolute atomic E-state index is 0.344. The van der Waals surface area contributed by atoms with Crippen molar-refractivity contribution in [2.24, 2.45) is 0 Å². The number of rotatable bonds is 2. The lowest BCUT2D eigenvalue weighted by Crippen LogP contribution is -1.95. The van der Waals surface area contributed by atoms with Gasteiger partial charge in [0.2, 0.25) is 0 Å². The molecule has 0 unspecified atom stereocenters. The third-order valence-electron chi connectivity index (χ3n) is 2.62. The summed E-state index contributed by atoms with van der Waals surface area (Å²) in [6, 6.07) is 3.21. The summed E-state index contributed by atoms with van der Waals surface area (Å²) in [5, 5.41) is 0.876. The molecule has 0 fully saturated rings. The molecule has 0 bridgehead atoms. The Labute approximate surface area is 121 Å². The fourth-order valence-corrected chi connectivity index (χ4v) is 2.41. The molecule has 0 saturated carbocycles. The molecule has 0 amide bonds. The zero-order valence-corrected chi connectivity index (χ0v) is 12.2. The van der Waals surface area contributed by atoms with Gasteiger partial charge in [0.15, 0.2) is 5.82 Å². The summed E-state index contributed by atoms with van der Waals surface area (Å²) in [4.78, 5) is 12.8. The smallest absolute Gasteiger partial charge is 0.179 e. The van der Waals surface area contributed by atoms with Gasteiger partial charge in [0.1, 0.15) is 17.2 Å². The van der Waals surface area contributed by atoms with Crippen molar-refractivity contribution in [1.82, 2.24) is 19.4 Å². The number of imidazole rings is 1. The van der Waals surface area contributed by atoms with E-state index in [1.54, 1.807) is 34.8 Å². The molecule has 96 valence electrons. The summed E-state index contributed by atoms with van der Waals surface area (Å²) in [5.74, 6) is 0.223. The third-order valence-corrected chi connectivity index (χ3v) is 3.85. The van der Waals surface area contributed by atoms with Gasteiger partial charge in [-0.25, -0.2) is 19.3 Å². The second-order valence-electron chi connectivity index (χ2n) is 3.76. The molecule has 0 atom stereocenters. The molecule has 0 aliphatic rings. The molecule has 0 aromatic carbocycles. The predicted molar refractivity (Wildman–Crippen MR) is 75.7 cm³/mol. The number of aromatic nitrogens is 4. The number of hydrogen-bond donors (Lipinski definition) is 0. The minimum Gasteiger partial charge on any atom is -0.296 e. The number of fused-ring (bicyclic) bond motifs is 1. The summed E-state index contributed by atoms with van der Waals surface area (Å²) in [6.45, 7) is 0. The van der Waals surface area contributed by atoms with Crippen LogP contribution in [0.2, 0.25) is 0 Å². The van der Waals surface area contributed by atoms with Crippen LogP contribution in [0.3, 0.4) is 0 Å². The maximum Gasteiger partial charge on any atom is 0.179 e. The van der Waals surface area contributed by atoms with E-state index in [0.29, 0.717) is 15.9 Å². The lowest BCUT2D eigenvalue weighted by atomic mass is 10.4. The fraction of sp³-hybridized carbons (Fsp3) is 0.0833. The molecule has 19 heavy (non-hydrogen) atoms. The second-order valence-corrected chi connectivity index (χ2v) is 5.44. The molecule has 0 radical (unpaired) electrons. The predicted octanol–water partition coefficient (Wildman–Crippen LogP) is 3.41. The summed E-state index contributed by atoms with van der Waals surface area (Å²) < 4.78 is 15.6. The summed E-state index contributed by atoms with van der Waals surface area (Å²) in [5.41, 5.74) is 1.25. The van der Waals surface area contributed by atoms with Crippen LogP contribution in [0.5, 0.6) is 0 Å². The van der Waals surface area contributed by atoms with Crippen LogP contribution in [0.15, 0.2) is 40.2 Å². The zero-order valence-electron chi connectivity index (χ0n) is 9.84. The Bertz CT molecular complexity index is 759. The van der Waals surface area contributed by atoms with Gasteiger partial charge >= 0.3 is 0 Å². The first-order valence-electron chi connectivity index (χ1n) is 5.38. The molecule has 3 rings (SSSR count). The highest BCUT2D eigenvalue weighted by Crippen LogP contribution is 2.23. The Morgan fingerprint density at radius 3 is 3.00 bits per heavy atom. The third kappa shape index (κ3) is 2.23. The van der Waals surface area contributed by atoms with Crippen LogP contribution in [0.25, 0.3) is 17.2 Å². The van der Waals surface area contributed by atoms with E-state index in [2.05, 4.69) is 30.9 Å². The van der Waals surface area contributed by atoms with Crippen molar-refractivity contribution < 1.29 is 4.39 Å². The molecule has 0 N–H and O–H groups in total. The molecule has 3 aromatic heterocycles. The first-order valence-corrected chi connectivity index (χ1v) is 7.40. The maximum absolute atomic E-state index is 13.4. The maximum atomic E-state index is 13.4. The van der Waals surface area contributed by atoms with Gasteiger partial charge in [-0.2, -0.15) is 0 Å². The van der Waals surface area contributed by atoms with E-state index in [1.807, 2.05) is 12.3 Å². The molecule has 4 nitrogen and oxygen atoms in total. The van der Waals surface area contributed by atoms with Crippen LogP contribution in [0, 0.1) is 5.82 Å². The van der Waals surface area contributed by atoms with Gasteiger partial charge < -0.3 is 0 Å². The summed E-state index contributed by atoms with van der Waals surface area (Å²) in [7, 11) is 0. The average molecular weight is 339 g/mol. The van der Waals surface area contributed by atoms with Crippen LogP contribution in [-0.4, -0.2) is 25.6 Å². The Balaban J connectivity index is 2.22. The van der Waals surface area contributed by atoms with E-state index in [9.17, 15) is 4.39 Å². The Morgan fingerprint density at radius 2 is 2.21 bits per heavy atom. The normalized spacial score (nSPS) is 11.1. The van der Waals surface area contributed by atoms with Gasteiger partial charge in [-0.15, -0.1) is 11.8 Å². The number of halogens is 2. The van der Waals surface area contributed by atoms with Crippen molar-refractivity contribution in [1.29, 1.82) is 0 Å². The van der Waals surface area contributed by atoms with Gasteiger partial charge in [-0.3, -0.25) is 4.40 Å². The second kappa shape index (κ2) is 4.90. The van der Waals surface area contributed by atoms with Gasteiger partial charge in [0, 0.05) is 18.5 Å². The topological polar surface area (TPSA) is 43.1 Å². The molecule has 3 heterocycles. The molecule has 0 aliphatic carbocycles. The SMILES string of the molecule is CSc1ccnc(-c2cnc3cc(F)c(Br)cn23)n1. The first-order chi connectivity index (χ1) is 9.19. The monoisotopic (exact) mass is 338 g/mol. The van der Waals surface area contributed by atoms with E-state index < -0.39 is 0 Å². The van der Waals surface area contributed by atoms with Gasteiger partial charge in [0.25, 0.3) is 0 Å². The molecular weight excluding hydrogens is 331 g/mol. The Hall–Kier alpha value is -1.47. The van der Waals surface area contributed by atoms with E-state index in [0.717, 1.165) is 10.7 Å². The van der Waals surface area contributed by atoms with Crippen molar-refractivity contribution in [2.75, 3.05) is 6.26 Å². The van der Waals surface area contributed by atoms with E-state index in [1.165, 1.54) is 6.07 Å². The molecule has 0 saturated heterocycles. The van der Waals surface area contributed by atoms with Crippen molar-refractivity contribution in [3.05, 3.63) is 41.0 Å². The fourth-order valence-electron chi connectivity index (χ4n) is 1.72. The van der Waals surface area contributed by atoms with Crippen LogP contribution in [0.4, 0.5) is 4.39 Å². The van der Waals surface area contributed by atoms with E-state index in [-0.39, 0.29) is 5.82 Å². The minimum atomic E-state index is -0.344. The molecule has 7 heteroatoms. The number of thioether (sulfide) groups is 1. The van der Waals surface area contributed by atoms with Crippen molar-refractivity contribution in [2.45, 2.75) is 5.03 Å². The average Bonchev–Trinajstić information content (AvgIpc) is 2.82. The van der Waals surface area contributed by atoms with Crippen molar-refractivity contribution >= 4 is 33.3 Å². The number of hydrogen-bond acceptors (Lipinski definition) is 4. The number of pyridine rings is 1. The lowest BCUT2D eigenvalue weighted by Gasteiger charge is -2.03. The molecule has 0 aliphatic heterocycles. The van der Waals surface area contributed by atoms with Crippen molar-refractivity contribution in [3.8, 4) is 11.5 Å². The highest BCUT2D eigenvalue weighted by molar-refractivity contribution is 9.10. The van der Waals surface area contributed by atoms with E-state index in [4.69, 9.17) is 0 Å². The Morgan fingerprint density at radius 1 is 1.37 bits per heavy atom. The summed E-state index contributed by atoms with van der Waals surface area (Å²) in [6.07, 6.45) is 6.92. The van der Waals surface area contributed by atoms with Crippen LogP contribution >= 0.6 is 27.7 Å². The standard InChI is InChI=1S/C12H8BrFN4S/c1-19-11-2-3-15-12(17-11)9-5-16-10-4-8(14)7(13)6-18(9)10/h2-6H,1H3. The largest absolute Gasteiger partial charge is 0.296 e. The highest BCUT2D eigenvalue weighted by atomic mass is 79.9. The number of nitrogens with zero attached hydrogens (tertiary/aromatic N) is 4. The quantitative estimate of drug-likeness (QED) is 0.530. The Kier molecular flexibility index (Phi) is 3.24. The first kappa shape index (κ1) is 12.6. The van der Waals surface area contributed by atoms with Crippen molar-refractivity contribution in [3.63, 3.8) is 0 Å². The molecule has 3 aromatic rings. The summed E-state index contributed by atoms with van der Waals surface area (Å²) >= 11 is 4.71. The molecule has 0 spiro atoms. The van der Waals surface area contributed by atoms with Gasteiger partial charge in [0.05, 0.1) is 15.7 Å². The lowest BCUT2D eigenvalue weighted by molar-refractivity contribution is 0.619. The zero-order chi connectivity index (χ0) is 13.4. The molecular formula is C12H8BrFN4S.